The largest absolute Gasteiger partial charge is 0.179 e. The lowest BCUT2D eigenvalue weighted by atomic mass is 10.6. The summed E-state index contributed by atoms with van der Waals surface area (Å²) in [6.45, 7) is 0. The first-order chi connectivity index (χ1) is 2.41. The van der Waals surface area contributed by atoms with Gasteiger partial charge in [-0.3, -0.25) is 0 Å². The van der Waals surface area contributed by atoms with Crippen LogP contribution in [0.1, 0.15) is 6.42 Å². The number of thiol groups is 1. The Hall–Kier alpha value is 0.567. The summed E-state index contributed by atoms with van der Waals surface area (Å²) >= 11 is 4.01. The minimum Gasteiger partial charge on any atom is -0.179 e. The first-order valence-corrected chi connectivity index (χ1v) is 3.45. The van der Waals surface area contributed by atoms with E-state index >= 15 is 0 Å². The van der Waals surface area contributed by atoms with Crippen LogP contribution in [0.15, 0.2) is 0 Å². The van der Waals surface area contributed by atoms with Gasteiger partial charge >= 0.3 is 0 Å². The van der Waals surface area contributed by atoms with Gasteiger partial charge in [-0.25, -0.2) is 0 Å². The van der Waals surface area contributed by atoms with Gasteiger partial charge in [-0.05, 0) is 12.2 Å². The highest BCUT2D eigenvalue weighted by atomic mass is 32.1. The van der Waals surface area contributed by atoms with E-state index in [4.69, 9.17) is 0 Å². The predicted molar refractivity (Wildman–Crippen MR) is 31.8 cm³/mol. The summed E-state index contributed by atoms with van der Waals surface area (Å²) in [6, 6.07) is 1.30. The third-order valence-electron chi connectivity index (χ3n) is 0.408. The molecule has 2 heteroatoms. The molecule has 5 heavy (non-hydrogen) atoms. The molecule has 0 spiro atoms. The van der Waals surface area contributed by atoms with Crippen LogP contribution in [0.25, 0.3) is 0 Å². The lowest BCUT2D eigenvalue weighted by molar-refractivity contribution is 1.11. The highest BCUT2D eigenvalue weighted by Crippen LogP contribution is 1.84. The molecular formula is C3H9SSi. The van der Waals surface area contributed by atoms with Gasteiger partial charge in [0.15, 0.2) is 0 Å². The second kappa shape index (κ2) is 4.57. The molecule has 0 aromatic heterocycles. The maximum absolute atomic E-state index is 4.01. The van der Waals surface area contributed by atoms with Gasteiger partial charge in [0, 0.05) is 10.2 Å². The monoisotopic (exact) mass is 105 g/mol. The van der Waals surface area contributed by atoms with Crippen LogP contribution in [0.5, 0.6) is 0 Å². The molecule has 0 nitrogen and oxygen atoms in total. The van der Waals surface area contributed by atoms with Crippen molar-refractivity contribution in [2.24, 2.45) is 0 Å². The number of hydrogen-bond donors (Lipinski definition) is 1. The fraction of sp³-hybridized carbons (Fsp3) is 1.00. The van der Waals surface area contributed by atoms with E-state index in [0.717, 1.165) is 5.75 Å². The molecule has 0 fully saturated rings. The van der Waals surface area contributed by atoms with Gasteiger partial charge in [0.05, 0.1) is 0 Å². The van der Waals surface area contributed by atoms with Crippen molar-refractivity contribution in [1.29, 1.82) is 0 Å². The Morgan fingerprint density at radius 1 is 1.60 bits per heavy atom. The van der Waals surface area contributed by atoms with Crippen molar-refractivity contribution in [3.05, 3.63) is 0 Å². The third kappa shape index (κ3) is 4.57. The van der Waals surface area contributed by atoms with Gasteiger partial charge in [0.2, 0.25) is 0 Å². The molecular weight excluding hydrogens is 96.2 g/mol. The van der Waals surface area contributed by atoms with Gasteiger partial charge in [-0.15, -0.1) is 0 Å². The molecule has 0 bridgehead atoms. The topological polar surface area (TPSA) is 0 Å². The molecule has 0 rings (SSSR count). The van der Waals surface area contributed by atoms with Crippen molar-refractivity contribution in [1.82, 2.24) is 0 Å². The average molecular weight is 105 g/mol. The Kier molecular flexibility index (Phi) is 5.08. The number of hydrogen-bond acceptors (Lipinski definition) is 1. The van der Waals surface area contributed by atoms with Crippen LogP contribution in [0, 0.1) is 0 Å². The SMILES string of the molecule is [SiH2]CCCS. The van der Waals surface area contributed by atoms with Crippen LogP contribution < -0.4 is 0 Å². The zero-order valence-corrected chi connectivity index (χ0v) is 5.58. The Morgan fingerprint density at radius 3 is 2.20 bits per heavy atom. The fourth-order valence-corrected chi connectivity index (χ4v) is 1.01. The van der Waals surface area contributed by atoms with E-state index in [2.05, 4.69) is 12.6 Å². The molecule has 31 valence electrons. The second-order valence-corrected chi connectivity index (χ2v) is 2.09. The summed E-state index contributed by atoms with van der Waals surface area (Å²) in [4.78, 5) is 0. The summed E-state index contributed by atoms with van der Waals surface area (Å²) in [5.41, 5.74) is 0. The van der Waals surface area contributed by atoms with Crippen LogP contribution >= 0.6 is 12.6 Å². The zero-order chi connectivity index (χ0) is 4.12. The fourth-order valence-electron chi connectivity index (χ4n) is 0.112. The Labute approximate surface area is 41.8 Å². The Morgan fingerprint density at radius 2 is 2.20 bits per heavy atom. The molecule has 0 aromatic carbocycles. The van der Waals surface area contributed by atoms with Gasteiger partial charge in [0.25, 0.3) is 0 Å². The summed E-state index contributed by atoms with van der Waals surface area (Å²) in [5, 5.41) is 0. The maximum atomic E-state index is 4.01. The van der Waals surface area contributed by atoms with E-state index in [9.17, 15) is 0 Å². The summed E-state index contributed by atoms with van der Waals surface area (Å²) < 4.78 is 0. The van der Waals surface area contributed by atoms with Crippen molar-refractivity contribution in [2.45, 2.75) is 12.5 Å². The highest BCUT2D eigenvalue weighted by Gasteiger charge is 1.69. The molecule has 0 unspecified atom stereocenters. The normalized spacial score (nSPS) is 8.40. The van der Waals surface area contributed by atoms with E-state index in [1.165, 1.54) is 12.5 Å². The van der Waals surface area contributed by atoms with Gasteiger partial charge < -0.3 is 0 Å². The summed E-state index contributed by atoms with van der Waals surface area (Å²) in [6.07, 6.45) is 1.27. The Balaban J connectivity index is 2.19. The van der Waals surface area contributed by atoms with E-state index in [-0.39, 0.29) is 0 Å². The lowest BCUT2D eigenvalue weighted by Crippen LogP contribution is -1.69. The van der Waals surface area contributed by atoms with Crippen molar-refractivity contribution >= 4 is 22.9 Å². The first kappa shape index (κ1) is 5.57. The molecule has 0 saturated carbocycles. The molecule has 0 aliphatic rings. The zero-order valence-electron chi connectivity index (χ0n) is 3.28. The molecule has 0 atom stereocenters. The van der Waals surface area contributed by atoms with Crippen LogP contribution in [0.4, 0.5) is 0 Å². The molecule has 0 aliphatic carbocycles. The molecule has 0 aromatic rings. The molecule has 0 heterocycles. The number of rotatable bonds is 2. The average Bonchev–Trinajstić information content (AvgIpc) is 1.41. The summed E-state index contributed by atoms with van der Waals surface area (Å²) in [5.74, 6) is 1.05. The molecule has 0 aliphatic heterocycles. The lowest BCUT2D eigenvalue weighted by Gasteiger charge is -1.78. The molecule has 0 amide bonds. The minimum atomic E-state index is 1.05. The van der Waals surface area contributed by atoms with Gasteiger partial charge in [-0.2, -0.15) is 12.6 Å². The van der Waals surface area contributed by atoms with E-state index < -0.39 is 0 Å². The van der Waals surface area contributed by atoms with E-state index in [1.54, 1.807) is 0 Å². The second-order valence-electron chi connectivity index (χ2n) is 0.931. The molecule has 0 saturated heterocycles. The van der Waals surface area contributed by atoms with Crippen LogP contribution in [0.3, 0.4) is 0 Å². The van der Waals surface area contributed by atoms with Crippen LogP contribution in [-0.2, 0) is 0 Å². The smallest absolute Gasteiger partial charge is 0.00800 e. The van der Waals surface area contributed by atoms with Crippen molar-refractivity contribution in [3.8, 4) is 0 Å². The van der Waals surface area contributed by atoms with E-state index in [0.29, 0.717) is 0 Å². The quantitative estimate of drug-likeness (QED) is 0.380. The van der Waals surface area contributed by atoms with Crippen molar-refractivity contribution in [3.63, 3.8) is 0 Å². The molecule has 1 radical (unpaired) electrons. The molecule has 0 N–H and O–H groups in total. The van der Waals surface area contributed by atoms with Crippen LogP contribution in [-0.4, -0.2) is 16.0 Å². The maximum Gasteiger partial charge on any atom is 0.00800 e. The highest BCUT2D eigenvalue weighted by molar-refractivity contribution is 7.80. The third-order valence-corrected chi connectivity index (χ3v) is 1.22. The minimum absolute atomic E-state index is 1.05. The Bertz CT molecular complexity index is 14.4. The first-order valence-electron chi connectivity index (χ1n) is 1.82. The summed E-state index contributed by atoms with van der Waals surface area (Å²) in [7, 11) is 2.00. The van der Waals surface area contributed by atoms with Gasteiger partial charge in [0.1, 0.15) is 0 Å². The van der Waals surface area contributed by atoms with E-state index in [1.807, 2.05) is 10.2 Å². The van der Waals surface area contributed by atoms with Crippen molar-refractivity contribution in [2.75, 3.05) is 5.75 Å². The van der Waals surface area contributed by atoms with Crippen LogP contribution in [0.2, 0.25) is 6.04 Å². The van der Waals surface area contributed by atoms with Crippen molar-refractivity contribution < 1.29 is 0 Å². The van der Waals surface area contributed by atoms with Gasteiger partial charge in [-0.1, -0.05) is 6.04 Å². The predicted octanol–water partition coefficient (Wildman–Crippen LogP) is 0.358. The standard InChI is InChI=1S/C3H9SSi/c4-2-1-3-5/h4H,1-3,5H2.